The molecule has 3 rings (SSSR count). The quantitative estimate of drug-likeness (QED) is 0.735. The number of benzene rings is 1. The molecule has 0 unspecified atom stereocenters. The molecule has 0 bridgehead atoms. The maximum atomic E-state index is 12.4. The fourth-order valence-electron chi connectivity index (χ4n) is 2.26. The summed E-state index contributed by atoms with van der Waals surface area (Å²) in [5.74, 6) is -1.15. The van der Waals surface area contributed by atoms with Gasteiger partial charge in [-0.15, -0.1) is 0 Å². The second-order valence-corrected chi connectivity index (χ2v) is 4.83. The van der Waals surface area contributed by atoms with Crippen LogP contribution in [0, 0.1) is 18.3 Å². The number of aromatic nitrogens is 1. The predicted octanol–water partition coefficient (Wildman–Crippen LogP) is 2.64. The SMILES string of the molecule is COC(=O)c1c(C)oc(NC(=O)c2ccc3ocnc3c2)c1C#N. The molecule has 3 aromatic rings. The van der Waals surface area contributed by atoms with E-state index in [-0.39, 0.29) is 22.8 Å². The summed E-state index contributed by atoms with van der Waals surface area (Å²) in [6, 6.07) is 6.54. The highest BCUT2D eigenvalue weighted by molar-refractivity contribution is 6.06. The highest BCUT2D eigenvalue weighted by Gasteiger charge is 2.25. The third kappa shape index (κ3) is 2.48. The Bertz CT molecular complexity index is 993. The van der Waals surface area contributed by atoms with Gasteiger partial charge < -0.3 is 13.6 Å². The number of carbonyl (C=O) groups excluding carboxylic acids is 2. The number of esters is 1. The number of hydrogen-bond acceptors (Lipinski definition) is 7. The Labute approximate surface area is 135 Å². The fourth-order valence-corrected chi connectivity index (χ4v) is 2.26. The molecule has 1 N–H and O–H groups in total. The smallest absolute Gasteiger partial charge is 0.342 e. The summed E-state index contributed by atoms with van der Waals surface area (Å²) in [6.45, 7) is 1.50. The minimum absolute atomic E-state index is 0.0118. The van der Waals surface area contributed by atoms with E-state index in [1.165, 1.54) is 26.5 Å². The van der Waals surface area contributed by atoms with E-state index < -0.39 is 11.9 Å². The standard InChI is InChI=1S/C16H11N3O5/c1-8-13(16(21)22-2)10(6-17)15(24-8)19-14(20)9-3-4-12-11(5-9)18-7-23-12/h3-5,7H,1-2H3,(H,19,20). The van der Waals surface area contributed by atoms with E-state index in [0.29, 0.717) is 16.7 Å². The van der Waals surface area contributed by atoms with Crippen molar-refractivity contribution in [3.8, 4) is 6.07 Å². The normalized spacial score (nSPS) is 10.4. The molecule has 1 aromatic carbocycles. The maximum Gasteiger partial charge on any atom is 0.342 e. The number of ether oxygens (including phenoxy) is 1. The molecule has 1 amide bonds. The Balaban J connectivity index is 1.94. The van der Waals surface area contributed by atoms with Gasteiger partial charge in [-0.05, 0) is 25.1 Å². The van der Waals surface area contributed by atoms with Crippen molar-refractivity contribution in [3.63, 3.8) is 0 Å². The molecule has 0 saturated carbocycles. The number of nitrogens with one attached hydrogen (secondary N) is 1. The zero-order valence-corrected chi connectivity index (χ0v) is 12.7. The largest absolute Gasteiger partial charge is 0.465 e. The first kappa shape index (κ1) is 15.3. The zero-order chi connectivity index (χ0) is 17.3. The van der Waals surface area contributed by atoms with Gasteiger partial charge in [0, 0.05) is 5.56 Å². The molecule has 24 heavy (non-hydrogen) atoms. The van der Waals surface area contributed by atoms with Crippen LogP contribution in [0.2, 0.25) is 0 Å². The monoisotopic (exact) mass is 325 g/mol. The lowest BCUT2D eigenvalue weighted by Gasteiger charge is -2.02. The van der Waals surface area contributed by atoms with Crippen molar-refractivity contribution in [3.05, 3.63) is 47.0 Å². The third-order valence-corrected chi connectivity index (χ3v) is 3.41. The van der Waals surface area contributed by atoms with Crippen molar-refractivity contribution in [1.82, 2.24) is 4.98 Å². The number of anilines is 1. The van der Waals surface area contributed by atoms with Crippen LogP contribution in [-0.4, -0.2) is 24.0 Å². The van der Waals surface area contributed by atoms with Crippen LogP contribution in [0.3, 0.4) is 0 Å². The minimum Gasteiger partial charge on any atom is -0.465 e. The Morgan fingerprint density at radius 3 is 2.88 bits per heavy atom. The molecule has 0 aliphatic carbocycles. The van der Waals surface area contributed by atoms with Gasteiger partial charge in [0.25, 0.3) is 5.91 Å². The highest BCUT2D eigenvalue weighted by atomic mass is 16.5. The highest BCUT2D eigenvalue weighted by Crippen LogP contribution is 2.27. The molecular weight excluding hydrogens is 314 g/mol. The third-order valence-electron chi connectivity index (χ3n) is 3.41. The Kier molecular flexibility index (Phi) is 3.75. The number of carbonyl (C=O) groups is 2. The molecule has 0 aliphatic rings. The molecule has 0 radical (unpaired) electrons. The molecule has 8 heteroatoms. The second-order valence-electron chi connectivity index (χ2n) is 4.83. The van der Waals surface area contributed by atoms with Crippen molar-refractivity contribution >= 4 is 28.9 Å². The van der Waals surface area contributed by atoms with Crippen molar-refractivity contribution < 1.29 is 23.2 Å². The van der Waals surface area contributed by atoms with Crippen molar-refractivity contribution in [2.45, 2.75) is 6.92 Å². The summed E-state index contributed by atoms with van der Waals surface area (Å²) in [6.07, 6.45) is 1.28. The van der Waals surface area contributed by atoms with Gasteiger partial charge in [-0.25, -0.2) is 9.78 Å². The minimum atomic E-state index is -0.711. The van der Waals surface area contributed by atoms with E-state index in [2.05, 4.69) is 15.0 Å². The lowest BCUT2D eigenvalue weighted by Crippen LogP contribution is -2.12. The van der Waals surface area contributed by atoms with Crippen LogP contribution in [0.25, 0.3) is 11.1 Å². The first-order valence-electron chi connectivity index (χ1n) is 6.81. The summed E-state index contributed by atoms with van der Waals surface area (Å²) in [4.78, 5) is 28.1. The number of hydrogen-bond donors (Lipinski definition) is 1. The summed E-state index contributed by atoms with van der Waals surface area (Å²) in [5, 5.41) is 11.7. The number of aryl methyl sites for hydroxylation is 1. The predicted molar refractivity (Wildman–Crippen MR) is 81.5 cm³/mol. The lowest BCUT2D eigenvalue weighted by molar-refractivity contribution is 0.0598. The number of oxazole rings is 1. The number of furan rings is 1. The van der Waals surface area contributed by atoms with E-state index in [4.69, 9.17) is 8.83 Å². The Morgan fingerprint density at radius 2 is 2.17 bits per heavy atom. The molecule has 0 fully saturated rings. The van der Waals surface area contributed by atoms with Gasteiger partial charge in [-0.2, -0.15) is 5.26 Å². The van der Waals surface area contributed by atoms with Crippen molar-refractivity contribution in [2.24, 2.45) is 0 Å². The van der Waals surface area contributed by atoms with Crippen molar-refractivity contribution in [2.75, 3.05) is 12.4 Å². The maximum absolute atomic E-state index is 12.4. The van der Waals surface area contributed by atoms with Crippen LogP contribution in [0.5, 0.6) is 0 Å². The summed E-state index contributed by atoms with van der Waals surface area (Å²) < 4.78 is 15.1. The fraction of sp³-hybridized carbons (Fsp3) is 0.125. The van der Waals surface area contributed by atoms with Gasteiger partial charge in [-0.1, -0.05) is 0 Å². The molecule has 120 valence electrons. The number of nitriles is 1. The van der Waals surface area contributed by atoms with Gasteiger partial charge in [-0.3, -0.25) is 10.1 Å². The summed E-state index contributed by atoms with van der Waals surface area (Å²) in [5.41, 5.74) is 1.27. The van der Waals surface area contributed by atoms with Crippen LogP contribution >= 0.6 is 0 Å². The van der Waals surface area contributed by atoms with Crippen LogP contribution in [0.15, 0.2) is 33.4 Å². The van der Waals surface area contributed by atoms with E-state index in [1.54, 1.807) is 12.1 Å². The summed E-state index contributed by atoms with van der Waals surface area (Å²) in [7, 11) is 1.20. The average Bonchev–Trinajstić information content (AvgIpc) is 3.16. The lowest BCUT2D eigenvalue weighted by atomic mass is 10.1. The molecule has 0 saturated heterocycles. The van der Waals surface area contributed by atoms with Gasteiger partial charge in [0.1, 0.15) is 28.5 Å². The van der Waals surface area contributed by atoms with Crippen LogP contribution in [0.4, 0.5) is 5.88 Å². The van der Waals surface area contributed by atoms with Gasteiger partial charge >= 0.3 is 5.97 Å². The zero-order valence-electron chi connectivity index (χ0n) is 12.7. The van der Waals surface area contributed by atoms with Crippen LogP contribution < -0.4 is 5.32 Å². The number of nitrogens with zero attached hydrogens (tertiary/aromatic N) is 2. The van der Waals surface area contributed by atoms with Gasteiger partial charge in [0.05, 0.1) is 7.11 Å². The van der Waals surface area contributed by atoms with E-state index in [1.807, 2.05) is 6.07 Å². The van der Waals surface area contributed by atoms with Crippen LogP contribution in [0.1, 0.15) is 32.0 Å². The number of rotatable bonds is 3. The van der Waals surface area contributed by atoms with E-state index >= 15 is 0 Å². The second kappa shape index (κ2) is 5.89. The molecule has 0 atom stereocenters. The summed E-state index contributed by atoms with van der Waals surface area (Å²) >= 11 is 0. The number of methoxy groups -OCH3 is 1. The van der Waals surface area contributed by atoms with Crippen molar-refractivity contribution in [1.29, 1.82) is 5.26 Å². The topological polar surface area (TPSA) is 118 Å². The Hall–Kier alpha value is -3.60. The molecule has 8 nitrogen and oxygen atoms in total. The van der Waals surface area contributed by atoms with Gasteiger partial charge in [0.15, 0.2) is 12.0 Å². The molecular formula is C16H11N3O5. The van der Waals surface area contributed by atoms with E-state index in [0.717, 1.165) is 0 Å². The molecule has 2 aromatic heterocycles. The first-order valence-corrected chi connectivity index (χ1v) is 6.81. The molecule has 0 aliphatic heterocycles. The number of amides is 1. The first-order chi connectivity index (χ1) is 11.5. The number of fused-ring (bicyclic) bond motifs is 1. The van der Waals surface area contributed by atoms with Gasteiger partial charge in [0.2, 0.25) is 5.88 Å². The van der Waals surface area contributed by atoms with E-state index in [9.17, 15) is 14.9 Å². The molecule has 0 spiro atoms. The Morgan fingerprint density at radius 1 is 1.38 bits per heavy atom. The average molecular weight is 325 g/mol. The molecule has 2 heterocycles. The van der Waals surface area contributed by atoms with Crippen LogP contribution in [-0.2, 0) is 4.74 Å².